The lowest BCUT2D eigenvalue weighted by Crippen LogP contribution is -2.17. The van der Waals surface area contributed by atoms with Gasteiger partial charge in [0.05, 0.1) is 7.11 Å². The Morgan fingerprint density at radius 3 is 2.57 bits per heavy atom. The van der Waals surface area contributed by atoms with E-state index < -0.39 is 0 Å². The van der Waals surface area contributed by atoms with E-state index >= 15 is 0 Å². The van der Waals surface area contributed by atoms with Gasteiger partial charge in [-0.05, 0) is 29.7 Å². The van der Waals surface area contributed by atoms with Gasteiger partial charge in [0.1, 0.15) is 0 Å². The molecule has 1 amide bonds. The number of nitrogens with one attached hydrogen (secondary N) is 1. The molecular weight excluding hydrogens is 198 g/mol. The maximum Gasteiger partial charge on any atom is 0.251 e. The highest BCUT2D eigenvalue weighted by Gasteiger charge is 2.01. The number of benzene rings is 1. The van der Waals surface area contributed by atoms with Gasteiger partial charge in [-0.25, -0.2) is 0 Å². The van der Waals surface area contributed by atoms with E-state index in [4.69, 9.17) is 4.18 Å². The quantitative estimate of drug-likeness (QED) is 0.772. The molecule has 1 aromatic rings. The average Bonchev–Trinajstić information content (AvgIpc) is 2.26. The summed E-state index contributed by atoms with van der Waals surface area (Å²) in [6.45, 7) is 0. The Morgan fingerprint density at radius 1 is 1.43 bits per heavy atom. The average molecular weight is 211 g/mol. The first-order valence-corrected chi connectivity index (χ1v) is 5.15. The zero-order chi connectivity index (χ0) is 10.4. The maximum absolute atomic E-state index is 11.2. The fourth-order valence-electron chi connectivity index (χ4n) is 1.02. The molecule has 76 valence electrons. The summed E-state index contributed by atoms with van der Waals surface area (Å²) in [5.41, 5.74) is 1.82. The Bertz CT molecular complexity index is 297. The van der Waals surface area contributed by atoms with Crippen LogP contribution in [0.5, 0.6) is 0 Å². The third-order valence-electron chi connectivity index (χ3n) is 1.79. The SMILES string of the molecule is CNC(=O)c1ccc(CSOC)cc1. The zero-order valence-corrected chi connectivity index (χ0v) is 9.06. The third-order valence-corrected chi connectivity index (χ3v) is 2.47. The predicted octanol–water partition coefficient (Wildman–Crippen LogP) is 1.84. The van der Waals surface area contributed by atoms with Crippen molar-refractivity contribution in [2.75, 3.05) is 14.2 Å². The summed E-state index contributed by atoms with van der Waals surface area (Å²) in [6, 6.07) is 7.47. The van der Waals surface area contributed by atoms with Gasteiger partial charge in [-0.3, -0.25) is 4.79 Å². The first-order chi connectivity index (χ1) is 6.77. The minimum absolute atomic E-state index is 0.0593. The summed E-state index contributed by atoms with van der Waals surface area (Å²) < 4.78 is 4.88. The minimum Gasteiger partial charge on any atom is -0.355 e. The maximum atomic E-state index is 11.2. The van der Waals surface area contributed by atoms with Crippen LogP contribution in [0, 0.1) is 0 Å². The minimum atomic E-state index is -0.0593. The third kappa shape index (κ3) is 3.05. The monoisotopic (exact) mass is 211 g/mol. The molecule has 0 spiro atoms. The Morgan fingerprint density at radius 2 is 2.07 bits per heavy atom. The largest absolute Gasteiger partial charge is 0.355 e. The molecule has 0 aliphatic heterocycles. The molecule has 0 saturated heterocycles. The van der Waals surface area contributed by atoms with Crippen LogP contribution in [0.15, 0.2) is 24.3 Å². The van der Waals surface area contributed by atoms with E-state index in [1.165, 1.54) is 12.0 Å². The van der Waals surface area contributed by atoms with Gasteiger partial charge in [-0.2, -0.15) is 0 Å². The van der Waals surface area contributed by atoms with Crippen molar-refractivity contribution in [3.8, 4) is 0 Å². The lowest BCUT2D eigenvalue weighted by Gasteiger charge is -2.02. The fraction of sp³-hybridized carbons (Fsp3) is 0.300. The van der Waals surface area contributed by atoms with Crippen molar-refractivity contribution in [2.24, 2.45) is 0 Å². The van der Waals surface area contributed by atoms with Crippen LogP contribution < -0.4 is 5.32 Å². The molecule has 0 bridgehead atoms. The fourth-order valence-corrected chi connectivity index (χ4v) is 1.47. The lowest BCUT2D eigenvalue weighted by atomic mass is 10.1. The Kier molecular flexibility index (Phi) is 4.49. The molecule has 0 fully saturated rings. The summed E-state index contributed by atoms with van der Waals surface area (Å²) in [5, 5.41) is 2.58. The number of hydrogen-bond donors (Lipinski definition) is 1. The van der Waals surface area contributed by atoms with Crippen LogP contribution in [-0.2, 0) is 9.94 Å². The molecule has 14 heavy (non-hydrogen) atoms. The standard InChI is InChI=1S/C10H13NO2S/c1-11-10(12)9-5-3-8(4-6-9)7-14-13-2/h3-6H,7H2,1-2H3,(H,11,12). The normalized spacial score (nSPS) is 9.86. The number of carbonyl (C=O) groups is 1. The summed E-state index contributed by atoms with van der Waals surface area (Å²) in [4.78, 5) is 11.2. The van der Waals surface area contributed by atoms with Crippen molar-refractivity contribution in [1.29, 1.82) is 0 Å². The van der Waals surface area contributed by atoms with Gasteiger partial charge in [-0.1, -0.05) is 12.1 Å². The predicted molar refractivity (Wildman–Crippen MR) is 58.1 cm³/mol. The number of carbonyl (C=O) groups excluding carboxylic acids is 1. The van der Waals surface area contributed by atoms with Crippen molar-refractivity contribution >= 4 is 17.9 Å². The summed E-state index contributed by atoms with van der Waals surface area (Å²) in [5.74, 6) is 0.737. The molecule has 4 heteroatoms. The molecule has 0 unspecified atom stereocenters. The van der Waals surface area contributed by atoms with Crippen LogP contribution in [0.25, 0.3) is 0 Å². The molecule has 1 rings (SSSR count). The lowest BCUT2D eigenvalue weighted by molar-refractivity contribution is 0.0963. The molecule has 1 aromatic carbocycles. The number of rotatable bonds is 4. The first-order valence-electron chi connectivity index (χ1n) is 4.24. The molecular formula is C10H13NO2S. The second-order valence-electron chi connectivity index (χ2n) is 2.70. The van der Waals surface area contributed by atoms with E-state index in [-0.39, 0.29) is 5.91 Å². The molecule has 0 aliphatic carbocycles. The van der Waals surface area contributed by atoms with Crippen molar-refractivity contribution < 1.29 is 8.98 Å². The first kappa shape index (κ1) is 11.1. The van der Waals surface area contributed by atoms with Crippen molar-refractivity contribution in [1.82, 2.24) is 5.32 Å². The van der Waals surface area contributed by atoms with Crippen LogP contribution >= 0.6 is 12.0 Å². The molecule has 1 N–H and O–H groups in total. The van der Waals surface area contributed by atoms with Gasteiger partial charge < -0.3 is 9.50 Å². The van der Waals surface area contributed by atoms with E-state index in [1.54, 1.807) is 14.2 Å². The smallest absolute Gasteiger partial charge is 0.251 e. The summed E-state index contributed by atoms with van der Waals surface area (Å²) in [7, 11) is 3.26. The Hall–Kier alpha value is -1.00. The van der Waals surface area contributed by atoms with Crippen molar-refractivity contribution in [3.63, 3.8) is 0 Å². The highest BCUT2D eigenvalue weighted by molar-refractivity contribution is 7.93. The molecule has 0 radical (unpaired) electrons. The Balaban J connectivity index is 2.63. The molecule has 0 heterocycles. The van der Waals surface area contributed by atoms with Crippen LogP contribution in [0.3, 0.4) is 0 Å². The van der Waals surface area contributed by atoms with E-state index in [2.05, 4.69) is 5.32 Å². The topological polar surface area (TPSA) is 38.3 Å². The number of hydrogen-bond acceptors (Lipinski definition) is 3. The molecule has 0 aromatic heterocycles. The van der Waals surface area contributed by atoms with Gasteiger partial charge in [-0.15, -0.1) is 0 Å². The van der Waals surface area contributed by atoms with Gasteiger partial charge in [0, 0.05) is 18.4 Å². The van der Waals surface area contributed by atoms with E-state index in [0.717, 1.165) is 11.3 Å². The second-order valence-corrected chi connectivity index (χ2v) is 3.56. The summed E-state index contributed by atoms with van der Waals surface area (Å²) in [6.07, 6.45) is 0. The van der Waals surface area contributed by atoms with Crippen LogP contribution in [0.1, 0.15) is 15.9 Å². The molecule has 0 aliphatic rings. The van der Waals surface area contributed by atoms with Gasteiger partial charge in [0.15, 0.2) is 0 Å². The van der Waals surface area contributed by atoms with Crippen molar-refractivity contribution in [2.45, 2.75) is 5.75 Å². The van der Waals surface area contributed by atoms with Crippen LogP contribution in [0.4, 0.5) is 0 Å². The van der Waals surface area contributed by atoms with Gasteiger partial charge in [0.2, 0.25) is 0 Å². The zero-order valence-electron chi connectivity index (χ0n) is 8.24. The summed E-state index contributed by atoms with van der Waals surface area (Å²) >= 11 is 1.38. The Labute approximate surface area is 88.0 Å². The van der Waals surface area contributed by atoms with Crippen molar-refractivity contribution in [3.05, 3.63) is 35.4 Å². The molecule has 0 atom stereocenters. The highest BCUT2D eigenvalue weighted by atomic mass is 32.2. The van der Waals surface area contributed by atoms with E-state index in [9.17, 15) is 4.79 Å². The van der Waals surface area contributed by atoms with Gasteiger partial charge >= 0.3 is 0 Å². The molecule has 3 nitrogen and oxygen atoms in total. The second kappa shape index (κ2) is 5.67. The van der Waals surface area contributed by atoms with Gasteiger partial charge in [0.25, 0.3) is 5.91 Å². The highest BCUT2D eigenvalue weighted by Crippen LogP contribution is 2.12. The van der Waals surface area contributed by atoms with Crippen LogP contribution in [0.2, 0.25) is 0 Å². The van der Waals surface area contributed by atoms with Crippen LogP contribution in [-0.4, -0.2) is 20.1 Å². The van der Waals surface area contributed by atoms with E-state index in [0.29, 0.717) is 5.56 Å². The number of amides is 1. The van der Waals surface area contributed by atoms with E-state index in [1.807, 2.05) is 24.3 Å². The molecule has 0 saturated carbocycles.